The fourth-order valence-corrected chi connectivity index (χ4v) is 2.97. The van der Waals surface area contributed by atoms with Crippen molar-refractivity contribution in [1.29, 1.82) is 0 Å². The molecule has 1 unspecified atom stereocenters. The molecule has 4 nitrogen and oxygen atoms in total. The van der Waals surface area contributed by atoms with E-state index in [4.69, 9.17) is 4.74 Å². The molecule has 1 aromatic heterocycles. The van der Waals surface area contributed by atoms with Gasteiger partial charge in [-0.05, 0) is 25.3 Å². The summed E-state index contributed by atoms with van der Waals surface area (Å²) in [5.41, 5.74) is 1.83. The quantitative estimate of drug-likeness (QED) is 0.870. The normalized spacial score (nSPS) is 20.2. The van der Waals surface area contributed by atoms with Gasteiger partial charge in [0.05, 0.1) is 17.4 Å². The molecule has 1 fully saturated rings. The van der Waals surface area contributed by atoms with E-state index in [2.05, 4.69) is 18.1 Å². The maximum absolute atomic E-state index is 10.5. The van der Waals surface area contributed by atoms with Gasteiger partial charge >= 0.3 is 0 Å². The number of aliphatic hydroxyl groups is 1. The molecule has 1 aromatic rings. The molecular weight excluding hydrogens is 228 g/mol. The van der Waals surface area contributed by atoms with Crippen molar-refractivity contribution < 1.29 is 9.84 Å². The van der Waals surface area contributed by atoms with Gasteiger partial charge in [0.1, 0.15) is 0 Å². The van der Waals surface area contributed by atoms with Gasteiger partial charge in [0.25, 0.3) is 0 Å². The van der Waals surface area contributed by atoms with E-state index in [9.17, 15) is 5.11 Å². The van der Waals surface area contributed by atoms with Gasteiger partial charge in [-0.1, -0.05) is 19.8 Å². The molecule has 0 saturated heterocycles. The average Bonchev–Trinajstić information content (AvgIpc) is 2.97. The summed E-state index contributed by atoms with van der Waals surface area (Å²) in [5, 5.41) is 14.9. The number of aromatic nitrogens is 2. The van der Waals surface area contributed by atoms with Crippen molar-refractivity contribution in [2.24, 2.45) is 7.05 Å². The first-order valence-electron chi connectivity index (χ1n) is 6.86. The number of aliphatic hydroxyl groups excluding tert-OH is 1. The molecule has 4 heteroatoms. The summed E-state index contributed by atoms with van der Waals surface area (Å²) in [7, 11) is 3.66. The van der Waals surface area contributed by atoms with Crippen LogP contribution in [0.15, 0.2) is 6.07 Å². The third kappa shape index (κ3) is 2.45. The van der Waals surface area contributed by atoms with Crippen LogP contribution in [0.2, 0.25) is 0 Å². The van der Waals surface area contributed by atoms with E-state index in [-0.39, 0.29) is 5.60 Å². The molecular formula is C14H24N2O2. The molecule has 0 aliphatic heterocycles. The van der Waals surface area contributed by atoms with Gasteiger partial charge in [0, 0.05) is 26.3 Å². The van der Waals surface area contributed by atoms with E-state index in [0.717, 1.165) is 43.5 Å². The highest BCUT2D eigenvalue weighted by Gasteiger charge is 2.41. The largest absolute Gasteiger partial charge is 0.390 e. The van der Waals surface area contributed by atoms with Gasteiger partial charge in [0.15, 0.2) is 0 Å². The smallest absolute Gasteiger partial charge is 0.0940 e. The minimum atomic E-state index is -0.440. The molecule has 1 atom stereocenters. The molecule has 1 aliphatic rings. The fraction of sp³-hybridized carbons (Fsp3) is 0.786. The summed E-state index contributed by atoms with van der Waals surface area (Å²) < 4.78 is 7.50. The predicted molar refractivity (Wildman–Crippen MR) is 70.5 cm³/mol. The van der Waals surface area contributed by atoms with Crippen LogP contribution in [0.25, 0.3) is 0 Å². The van der Waals surface area contributed by atoms with E-state index in [0.29, 0.717) is 6.42 Å². The molecule has 0 aromatic carbocycles. The van der Waals surface area contributed by atoms with Gasteiger partial charge in [-0.3, -0.25) is 4.68 Å². The second kappa shape index (κ2) is 5.41. The highest BCUT2D eigenvalue weighted by Crippen LogP contribution is 2.36. The molecule has 1 aliphatic carbocycles. The van der Waals surface area contributed by atoms with Gasteiger partial charge < -0.3 is 9.84 Å². The number of nitrogens with zero attached hydrogens (tertiary/aromatic N) is 2. The lowest BCUT2D eigenvalue weighted by Crippen LogP contribution is -2.43. The van der Waals surface area contributed by atoms with Gasteiger partial charge in [-0.2, -0.15) is 5.10 Å². The molecule has 18 heavy (non-hydrogen) atoms. The van der Waals surface area contributed by atoms with E-state index >= 15 is 0 Å². The first-order valence-corrected chi connectivity index (χ1v) is 6.86. The van der Waals surface area contributed by atoms with Crippen LogP contribution >= 0.6 is 0 Å². The SMILES string of the molecule is CCc1cc(CC(O)C2(OC)CCCC2)n(C)n1. The Balaban J connectivity index is 2.10. The Morgan fingerprint density at radius 3 is 2.67 bits per heavy atom. The average molecular weight is 252 g/mol. The standard InChI is InChI=1S/C14H24N2O2/c1-4-11-9-12(16(2)15-11)10-13(17)14(18-3)7-5-6-8-14/h9,13,17H,4-8,10H2,1-3H3. The van der Waals surface area contributed by atoms with Crippen molar-refractivity contribution in [3.05, 3.63) is 17.5 Å². The van der Waals surface area contributed by atoms with Gasteiger partial charge in [-0.15, -0.1) is 0 Å². The maximum Gasteiger partial charge on any atom is 0.0940 e. The summed E-state index contributed by atoms with van der Waals surface area (Å²) in [4.78, 5) is 0. The van der Waals surface area contributed by atoms with E-state index in [1.165, 1.54) is 0 Å². The van der Waals surface area contributed by atoms with Crippen LogP contribution in [0.3, 0.4) is 0 Å². The predicted octanol–water partition coefficient (Wildman–Crippen LogP) is 1.85. The zero-order chi connectivity index (χ0) is 13.2. The highest BCUT2D eigenvalue weighted by atomic mass is 16.5. The number of aryl methyl sites for hydroxylation is 2. The monoisotopic (exact) mass is 252 g/mol. The number of hydrogen-bond acceptors (Lipinski definition) is 3. The highest BCUT2D eigenvalue weighted by molar-refractivity contribution is 5.12. The summed E-state index contributed by atoms with van der Waals surface area (Å²) in [6.45, 7) is 2.09. The van der Waals surface area contributed by atoms with Crippen LogP contribution in [-0.2, 0) is 24.6 Å². The van der Waals surface area contributed by atoms with Crippen LogP contribution in [0.5, 0.6) is 0 Å². The molecule has 0 radical (unpaired) electrons. The van der Waals surface area contributed by atoms with E-state index < -0.39 is 6.10 Å². The Bertz CT molecular complexity index is 394. The van der Waals surface area contributed by atoms with Crippen molar-refractivity contribution in [3.8, 4) is 0 Å². The molecule has 1 N–H and O–H groups in total. The fourth-order valence-electron chi connectivity index (χ4n) is 2.97. The molecule has 0 amide bonds. The lowest BCUT2D eigenvalue weighted by Gasteiger charge is -2.32. The maximum atomic E-state index is 10.5. The molecule has 1 saturated carbocycles. The Morgan fingerprint density at radius 2 is 2.17 bits per heavy atom. The summed E-state index contributed by atoms with van der Waals surface area (Å²) in [5.74, 6) is 0. The zero-order valence-corrected chi connectivity index (χ0v) is 11.6. The van der Waals surface area contributed by atoms with Gasteiger partial charge in [-0.25, -0.2) is 0 Å². The summed E-state index contributed by atoms with van der Waals surface area (Å²) >= 11 is 0. The second-order valence-electron chi connectivity index (χ2n) is 5.30. The minimum absolute atomic E-state index is 0.337. The van der Waals surface area contributed by atoms with Crippen LogP contribution in [0.4, 0.5) is 0 Å². The number of methoxy groups -OCH3 is 1. The van der Waals surface area contributed by atoms with E-state index in [1.807, 2.05) is 11.7 Å². The van der Waals surface area contributed by atoms with E-state index in [1.54, 1.807) is 7.11 Å². The molecule has 0 spiro atoms. The van der Waals surface area contributed by atoms with Crippen molar-refractivity contribution in [2.75, 3.05) is 7.11 Å². The molecule has 2 rings (SSSR count). The van der Waals surface area contributed by atoms with Crippen molar-refractivity contribution in [2.45, 2.75) is 57.2 Å². The third-order valence-corrected chi connectivity index (χ3v) is 4.26. The van der Waals surface area contributed by atoms with Crippen molar-refractivity contribution in [3.63, 3.8) is 0 Å². The first kappa shape index (κ1) is 13.6. The van der Waals surface area contributed by atoms with Crippen molar-refractivity contribution >= 4 is 0 Å². The minimum Gasteiger partial charge on any atom is -0.390 e. The Hall–Kier alpha value is -0.870. The van der Waals surface area contributed by atoms with Crippen LogP contribution in [0, 0.1) is 0 Å². The number of rotatable bonds is 5. The number of ether oxygens (including phenoxy) is 1. The molecule has 102 valence electrons. The van der Waals surface area contributed by atoms with Crippen LogP contribution in [-0.4, -0.2) is 33.7 Å². The zero-order valence-electron chi connectivity index (χ0n) is 11.6. The Kier molecular flexibility index (Phi) is 4.07. The summed E-state index contributed by atoms with van der Waals surface area (Å²) in [6.07, 6.45) is 5.33. The lowest BCUT2D eigenvalue weighted by atomic mass is 9.91. The van der Waals surface area contributed by atoms with Gasteiger partial charge in [0.2, 0.25) is 0 Å². The summed E-state index contributed by atoms with van der Waals surface area (Å²) in [6, 6.07) is 2.08. The number of hydrogen-bond donors (Lipinski definition) is 1. The topological polar surface area (TPSA) is 47.3 Å². The lowest BCUT2D eigenvalue weighted by molar-refractivity contribution is -0.0976. The van der Waals surface area contributed by atoms with Crippen LogP contribution in [0.1, 0.15) is 44.0 Å². The molecule has 0 bridgehead atoms. The second-order valence-corrected chi connectivity index (χ2v) is 5.30. The van der Waals surface area contributed by atoms with Crippen molar-refractivity contribution in [1.82, 2.24) is 9.78 Å². The molecule has 1 heterocycles. The third-order valence-electron chi connectivity index (χ3n) is 4.26. The Morgan fingerprint density at radius 1 is 1.50 bits per heavy atom. The van der Waals surface area contributed by atoms with Crippen LogP contribution < -0.4 is 0 Å². The Labute approximate surface area is 109 Å². The first-order chi connectivity index (χ1) is 8.61.